The van der Waals surface area contributed by atoms with E-state index in [0.717, 1.165) is 6.42 Å². The summed E-state index contributed by atoms with van der Waals surface area (Å²) in [5, 5.41) is 11.6. The van der Waals surface area contributed by atoms with Crippen LogP contribution in [0.5, 0.6) is 0 Å². The van der Waals surface area contributed by atoms with Gasteiger partial charge in [0.05, 0.1) is 18.0 Å². The van der Waals surface area contributed by atoms with Crippen molar-refractivity contribution in [3.63, 3.8) is 0 Å². The van der Waals surface area contributed by atoms with Gasteiger partial charge in [-0.05, 0) is 13.3 Å². The second-order valence-corrected chi connectivity index (χ2v) is 2.57. The van der Waals surface area contributed by atoms with E-state index < -0.39 is 0 Å². The Morgan fingerprint density at radius 2 is 2.27 bits per heavy atom. The van der Waals surface area contributed by atoms with Crippen LogP contribution in [0.1, 0.15) is 20.3 Å². The van der Waals surface area contributed by atoms with Crippen LogP contribution in [0.3, 0.4) is 0 Å². The number of hydrogen-bond acceptors (Lipinski definition) is 2. The highest BCUT2D eigenvalue weighted by atomic mass is 14.9. The Balaban J connectivity index is 3.54. The lowest BCUT2D eigenvalue weighted by Crippen LogP contribution is -2.30. The number of nitrogens with zero attached hydrogens (tertiary/aromatic N) is 1. The molecule has 0 bridgehead atoms. The van der Waals surface area contributed by atoms with Gasteiger partial charge in [-0.25, -0.2) is 0 Å². The largest absolute Gasteiger partial charge is 0.302 e. The summed E-state index contributed by atoms with van der Waals surface area (Å²) >= 11 is 0. The highest BCUT2D eigenvalue weighted by Crippen LogP contribution is 1.92. The van der Waals surface area contributed by atoms with Gasteiger partial charge in [-0.3, -0.25) is 0 Å². The summed E-state index contributed by atoms with van der Waals surface area (Å²) in [6, 6.07) is 2.25. The molecule has 0 aromatic rings. The third-order valence-electron chi connectivity index (χ3n) is 1.50. The van der Waals surface area contributed by atoms with Crippen molar-refractivity contribution in [3.8, 4) is 18.4 Å². The van der Waals surface area contributed by atoms with Gasteiger partial charge in [-0.1, -0.05) is 12.8 Å². The maximum absolute atomic E-state index is 8.45. The third kappa shape index (κ3) is 4.42. The lowest BCUT2D eigenvalue weighted by molar-refractivity contribution is 0.543. The van der Waals surface area contributed by atoms with Crippen molar-refractivity contribution in [1.82, 2.24) is 5.32 Å². The average Bonchev–Trinajstić information content (AvgIpc) is 2.06. The molecule has 0 aliphatic heterocycles. The quantitative estimate of drug-likeness (QED) is 0.610. The molecule has 0 rings (SSSR count). The van der Waals surface area contributed by atoms with Crippen LogP contribution < -0.4 is 5.32 Å². The van der Waals surface area contributed by atoms with Crippen LogP contribution in [-0.2, 0) is 0 Å². The van der Waals surface area contributed by atoms with Gasteiger partial charge in [0, 0.05) is 6.54 Å². The predicted molar refractivity (Wildman–Crippen MR) is 45.7 cm³/mol. The van der Waals surface area contributed by atoms with Crippen LogP contribution in [-0.4, -0.2) is 12.6 Å². The minimum absolute atomic E-state index is 0.0393. The van der Waals surface area contributed by atoms with Crippen LogP contribution in [0, 0.1) is 29.6 Å². The molecule has 0 aromatic carbocycles. The van der Waals surface area contributed by atoms with Gasteiger partial charge in [-0.15, -0.1) is 6.42 Å². The van der Waals surface area contributed by atoms with Gasteiger partial charge in [0.1, 0.15) is 0 Å². The Hall–Kier alpha value is -0.990. The summed E-state index contributed by atoms with van der Waals surface area (Å²) in [7, 11) is 0. The summed E-state index contributed by atoms with van der Waals surface area (Å²) < 4.78 is 0. The van der Waals surface area contributed by atoms with E-state index in [4.69, 9.17) is 11.7 Å². The van der Waals surface area contributed by atoms with Crippen LogP contribution in [0.4, 0.5) is 0 Å². The Kier molecular flexibility index (Phi) is 5.25. The molecule has 11 heavy (non-hydrogen) atoms. The molecule has 0 saturated heterocycles. The predicted octanol–water partition coefficient (Wildman–Crippen LogP) is 1.15. The summed E-state index contributed by atoms with van der Waals surface area (Å²) in [6.45, 7) is 4.57. The van der Waals surface area contributed by atoms with Gasteiger partial charge in [0.15, 0.2) is 0 Å². The standard InChI is InChI=1S/C9H14N2/c1-4-9(5-2)11-7-8(3)6-10/h1,8-9,11H,5,7H2,2-3H3. The van der Waals surface area contributed by atoms with E-state index in [9.17, 15) is 0 Å². The monoisotopic (exact) mass is 150 g/mol. The Bertz CT molecular complexity index is 173. The maximum atomic E-state index is 8.45. The molecular formula is C9H14N2. The number of nitrogens with one attached hydrogen (secondary N) is 1. The smallest absolute Gasteiger partial charge is 0.0684 e. The number of hydrogen-bond donors (Lipinski definition) is 1. The van der Waals surface area contributed by atoms with E-state index in [1.165, 1.54) is 0 Å². The van der Waals surface area contributed by atoms with E-state index in [0.29, 0.717) is 6.54 Å². The zero-order valence-electron chi connectivity index (χ0n) is 7.09. The van der Waals surface area contributed by atoms with Crippen molar-refractivity contribution >= 4 is 0 Å². The van der Waals surface area contributed by atoms with Crippen LogP contribution in [0.2, 0.25) is 0 Å². The van der Waals surface area contributed by atoms with Gasteiger partial charge < -0.3 is 5.32 Å². The highest BCUT2D eigenvalue weighted by Gasteiger charge is 2.03. The zero-order valence-corrected chi connectivity index (χ0v) is 7.09. The highest BCUT2D eigenvalue weighted by molar-refractivity contribution is 4.98. The first-order valence-corrected chi connectivity index (χ1v) is 3.83. The normalized spacial score (nSPS) is 14.5. The molecular weight excluding hydrogens is 136 g/mol. The Morgan fingerprint density at radius 1 is 1.64 bits per heavy atom. The second-order valence-electron chi connectivity index (χ2n) is 2.57. The first-order chi connectivity index (χ1) is 5.24. The molecule has 0 radical (unpaired) electrons. The fraction of sp³-hybridized carbons (Fsp3) is 0.667. The van der Waals surface area contributed by atoms with Crippen molar-refractivity contribution in [3.05, 3.63) is 0 Å². The van der Waals surface area contributed by atoms with Crippen LogP contribution in [0.15, 0.2) is 0 Å². The summed E-state index contributed by atoms with van der Waals surface area (Å²) in [5.74, 6) is 2.65. The van der Waals surface area contributed by atoms with Crippen molar-refractivity contribution in [2.75, 3.05) is 6.54 Å². The summed E-state index contributed by atoms with van der Waals surface area (Å²) in [4.78, 5) is 0. The molecule has 0 aromatic heterocycles. The topological polar surface area (TPSA) is 35.8 Å². The van der Waals surface area contributed by atoms with Crippen LogP contribution in [0.25, 0.3) is 0 Å². The van der Waals surface area contributed by atoms with Crippen molar-refractivity contribution < 1.29 is 0 Å². The molecule has 0 aliphatic rings. The Morgan fingerprint density at radius 3 is 2.64 bits per heavy atom. The molecule has 0 aliphatic carbocycles. The molecule has 1 N–H and O–H groups in total. The zero-order chi connectivity index (χ0) is 8.69. The van der Waals surface area contributed by atoms with Crippen molar-refractivity contribution in [2.45, 2.75) is 26.3 Å². The summed E-state index contributed by atoms with van der Waals surface area (Å²) in [6.07, 6.45) is 6.13. The number of rotatable bonds is 4. The molecule has 0 heterocycles. The van der Waals surface area contributed by atoms with E-state index >= 15 is 0 Å². The molecule has 0 spiro atoms. The third-order valence-corrected chi connectivity index (χ3v) is 1.50. The fourth-order valence-electron chi connectivity index (χ4n) is 0.686. The van der Waals surface area contributed by atoms with Gasteiger partial charge in [0.25, 0.3) is 0 Å². The Labute approximate surface area is 68.6 Å². The molecule has 0 saturated carbocycles. The molecule has 2 unspecified atom stereocenters. The first kappa shape index (κ1) is 10.0. The van der Waals surface area contributed by atoms with E-state index in [2.05, 4.69) is 17.3 Å². The molecule has 2 atom stereocenters. The van der Waals surface area contributed by atoms with E-state index in [1.807, 2.05) is 13.8 Å². The number of nitriles is 1. The molecule has 2 nitrogen and oxygen atoms in total. The van der Waals surface area contributed by atoms with Crippen molar-refractivity contribution in [1.29, 1.82) is 5.26 Å². The molecule has 2 heteroatoms. The lowest BCUT2D eigenvalue weighted by atomic mass is 10.2. The molecule has 0 amide bonds. The van der Waals surface area contributed by atoms with Gasteiger partial charge in [0.2, 0.25) is 0 Å². The van der Waals surface area contributed by atoms with Gasteiger partial charge in [-0.2, -0.15) is 5.26 Å². The lowest BCUT2D eigenvalue weighted by Gasteiger charge is -2.10. The minimum Gasteiger partial charge on any atom is -0.302 e. The second kappa shape index (κ2) is 5.77. The maximum Gasteiger partial charge on any atom is 0.0684 e. The fourth-order valence-corrected chi connectivity index (χ4v) is 0.686. The average molecular weight is 150 g/mol. The SMILES string of the molecule is C#CC(CC)NCC(C)C#N. The molecule has 0 fully saturated rings. The van der Waals surface area contributed by atoms with Crippen LogP contribution >= 0.6 is 0 Å². The minimum atomic E-state index is 0.0393. The number of terminal acetylenes is 1. The van der Waals surface area contributed by atoms with Crippen molar-refractivity contribution in [2.24, 2.45) is 5.92 Å². The molecule has 60 valence electrons. The van der Waals surface area contributed by atoms with Gasteiger partial charge >= 0.3 is 0 Å². The van der Waals surface area contributed by atoms with E-state index in [-0.39, 0.29) is 12.0 Å². The first-order valence-electron chi connectivity index (χ1n) is 3.83. The summed E-state index contributed by atoms with van der Waals surface area (Å²) in [5.41, 5.74) is 0. The van der Waals surface area contributed by atoms with E-state index in [1.54, 1.807) is 0 Å².